The number of ether oxygens (including phenoxy) is 1. The van der Waals surface area contributed by atoms with Gasteiger partial charge in [-0.1, -0.05) is 19.9 Å². The summed E-state index contributed by atoms with van der Waals surface area (Å²) in [7, 11) is 0. The number of nitrogens with zero attached hydrogens (tertiary/aromatic N) is 1. The van der Waals surface area contributed by atoms with Crippen LogP contribution in [-0.4, -0.2) is 41.4 Å². The summed E-state index contributed by atoms with van der Waals surface area (Å²) in [5, 5.41) is 2.70. The third-order valence-corrected chi connectivity index (χ3v) is 4.95. The van der Waals surface area contributed by atoms with E-state index in [1.54, 1.807) is 18.2 Å². The molecular weight excluding hydrogens is 344 g/mol. The lowest BCUT2D eigenvalue weighted by atomic mass is 9.99. The Balaban J connectivity index is 2.17. The lowest BCUT2D eigenvalue weighted by molar-refractivity contribution is -0.146. The van der Waals surface area contributed by atoms with Gasteiger partial charge in [-0.3, -0.25) is 9.59 Å². The van der Waals surface area contributed by atoms with Crippen LogP contribution in [0.15, 0.2) is 18.2 Å². The molecule has 1 aromatic carbocycles. The highest BCUT2D eigenvalue weighted by molar-refractivity contribution is 5.95. The Bertz CT molecular complexity index is 714. The fraction of sp³-hybridized carbons (Fsp3) is 0.571. The fourth-order valence-corrected chi connectivity index (χ4v) is 3.32. The van der Waals surface area contributed by atoms with E-state index in [0.29, 0.717) is 17.8 Å². The van der Waals surface area contributed by atoms with Gasteiger partial charge in [0.1, 0.15) is 0 Å². The van der Waals surface area contributed by atoms with Crippen molar-refractivity contribution in [1.29, 1.82) is 0 Å². The Morgan fingerprint density at radius 1 is 1.22 bits per heavy atom. The highest BCUT2D eigenvalue weighted by Gasteiger charge is 2.34. The summed E-state index contributed by atoms with van der Waals surface area (Å²) in [6, 6.07) is 5.15. The number of hydrogen-bond acceptors (Lipinski definition) is 4. The number of carbonyl (C=O) groups excluding carboxylic acids is 3. The Morgan fingerprint density at radius 3 is 2.52 bits per heavy atom. The molecule has 2 amide bonds. The molecule has 0 unspecified atom stereocenters. The maximum absolute atomic E-state index is 13.0. The van der Waals surface area contributed by atoms with Crippen LogP contribution in [0.2, 0.25) is 0 Å². The molecule has 2 atom stereocenters. The van der Waals surface area contributed by atoms with Gasteiger partial charge in [0.25, 0.3) is 5.91 Å². The standard InChI is InChI=1S/C21H30N2O4/c1-13(2)19(20(25)23-11-7-6-8-15(23)4)27-21(26)17-10-9-14(3)18(12-17)22-16(5)24/h9-10,12-13,15,19H,6-8,11H2,1-5H3,(H,22,24)/t15-,19-/m1/s1. The van der Waals surface area contributed by atoms with Crippen molar-refractivity contribution in [3.63, 3.8) is 0 Å². The first-order chi connectivity index (χ1) is 12.7. The molecule has 0 aromatic heterocycles. The predicted molar refractivity (Wildman–Crippen MR) is 105 cm³/mol. The molecule has 1 heterocycles. The number of likely N-dealkylation sites (tertiary alicyclic amines) is 1. The zero-order valence-corrected chi connectivity index (χ0v) is 16.9. The first-order valence-electron chi connectivity index (χ1n) is 9.60. The first kappa shape index (κ1) is 20.9. The average molecular weight is 374 g/mol. The SMILES string of the molecule is CC(=O)Nc1cc(C(=O)O[C@@H](C(=O)N2CCCC[C@H]2C)C(C)C)ccc1C. The molecular formula is C21H30N2O4. The second-order valence-corrected chi connectivity index (χ2v) is 7.66. The van der Waals surface area contributed by atoms with Gasteiger partial charge in [0, 0.05) is 25.2 Å². The van der Waals surface area contributed by atoms with Gasteiger partial charge in [-0.15, -0.1) is 0 Å². The fourth-order valence-electron chi connectivity index (χ4n) is 3.32. The predicted octanol–water partition coefficient (Wildman–Crippen LogP) is 3.54. The Hall–Kier alpha value is -2.37. The number of nitrogens with one attached hydrogen (secondary N) is 1. The van der Waals surface area contributed by atoms with Crippen molar-refractivity contribution in [2.24, 2.45) is 5.92 Å². The Kier molecular flexibility index (Phi) is 6.99. The molecule has 148 valence electrons. The maximum atomic E-state index is 13.0. The van der Waals surface area contributed by atoms with Gasteiger partial charge in [-0.25, -0.2) is 4.79 Å². The summed E-state index contributed by atoms with van der Waals surface area (Å²) < 4.78 is 5.62. The van der Waals surface area contributed by atoms with Crippen molar-refractivity contribution in [2.45, 2.75) is 66.0 Å². The summed E-state index contributed by atoms with van der Waals surface area (Å²) in [5.74, 6) is -1.02. The van der Waals surface area contributed by atoms with E-state index < -0.39 is 12.1 Å². The summed E-state index contributed by atoms with van der Waals surface area (Å²) in [4.78, 5) is 38.8. The average Bonchev–Trinajstić information content (AvgIpc) is 2.60. The maximum Gasteiger partial charge on any atom is 0.338 e. The number of esters is 1. The summed E-state index contributed by atoms with van der Waals surface area (Å²) in [5.41, 5.74) is 1.73. The number of amides is 2. The van der Waals surface area contributed by atoms with Gasteiger partial charge in [0.15, 0.2) is 6.10 Å². The van der Waals surface area contributed by atoms with Gasteiger partial charge >= 0.3 is 5.97 Å². The van der Waals surface area contributed by atoms with Crippen LogP contribution in [0, 0.1) is 12.8 Å². The van der Waals surface area contributed by atoms with E-state index in [-0.39, 0.29) is 23.8 Å². The van der Waals surface area contributed by atoms with Crippen molar-refractivity contribution in [1.82, 2.24) is 4.90 Å². The molecule has 6 nitrogen and oxygen atoms in total. The zero-order valence-electron chi connectivity index (χ0n) is 16.9. The van der Waals surface area contributed by atoms with Crippen LogP contribution in [0.1, 0.15) is 62.9 Å². The van der Waals surface area contributed by atoms with E-state index in [1.165, 1.54) is 6.92 Å². The molecule has 1 fully saturated rings. The highest BCUT2D eigenvalue weighted by Crippen LogP contribution is 2.23. The molecule has 1 aliphatic rings. The Labute approximate surface area is 161 Å². The minimum atomic E-state index is -0.816. The van der Waals surface area contributed by atoms with E-state index in [9.17, 15) is 14.4 Å². The quantitative estimate of drug-likeness (QED) is 0.800. The molecule has 0 aliphatic carbocycles. The molecule has 2 rings (SSSR count). The van der Waals surface area contributed by atoms with Gasteiger partial charge in [0.05, 0.1) is 5.56 Å². The van der Waals surface area contributed by atoms with Crippen LogP contribution in [0.4, 0.5) is 5.69 Å². The molecule has 1 N–H and O–H groups in total. The second-order valence-electron chi connectivity index (χ2n) is 7.66. The van der Waals surface area contributed by atoms with E-state index >= 15 is 0 Å². The third-order valence-electron chi connectivity index (χ3n) is 4.95. The van der Waals surface area contributed by atoms with Crippen molar-refractivity contribution in [3.05, 3.63) is 29.3 Å². The lowest BCUT2D eigenvalue weighted by Gasteiger charge is -2.36. The normalized spacial score (nSPS) is 18.1. The van der Waals surface area contributed by atoms with Crippen molar-refractivity contribution < 1.29 is 19.1 Å². The number of carbonyl (C=O) groups is 3. The third kappa shape index (κ3) is 5.31. The largest absolute Gasteiger partial charge is 0.448 e. The Morgan fingerprint density at radius 2 is 1.93 bits per heavy atom. The van der Waals surface area contributed by atoms with Crippen LogP contribution in [0.3, 0.4) is 0 Å². The number of hydrogen-bond donors (Lipinski definition) is 1. The van der Waals surface area contributed by atoms with Gasteiger partial charge in [-0.05, 0) is 56.7 Å². The number of piperidine rings is 1. The number of rotatable bonds is 5. The zero-order chi connectivity index (χ0) is 20.1. The van der Waals surface area contributed by atoms with E-state index in [4.69, 9.17) is 4.74 Å². The van der Waals surface area contributed by atoms with E-state index in [1.807, 2.05) is 32.6 Å². The molecule has 27 heavy (non-hydrogen) atoms. The topological polar surface area (TPSA) is 75.7 Å². The van der Waals surface area contributed by atoms with Crippen molar-refractivity contribution in [3.8, 4) is 0 Å². The molecule has 0 saturated carbocycles. The van der Waals surface area contributed by atoms with Gasteiger partial charge < -0.3 is 15.0 Å². The number of anilines is 1. The van der Waals surface area contributed by atoms with Gasteiger partial charge in [0.2, 0.25) is 5.91 Å². The smallest absolute Gasteiger partial charge is 0.338 e. The van der Waals surface area contributed by atoms with Crippen LogP contribution in [0.5, 0.6) is 0 Å². The van der Waals surface area contributed by atoms with Crippen molar-refractivity contribution >= 4 is 23.5 Å². The van der Waals surface area contributed by atoms with Crippen LogP contribution >= 0.6 is 0 Å². The van der Waals surface area contributed by atoms with Gasteiger partial charge in [-0.2, -0.15) is 0 Å². The lowest BCUT2D eigenvalue weighted by Crippen LogP contribution is -2.49. The molecule has 0 spiro atoms. The van der Waals surface area contributed by atoms with Crippen LogP contribution in [0.25, 0.3) is 0 Å². The molecule has 1 aromatic rings. The van der Waals surface area contributed by atoms with E-state index in [0.717, 1.165) is 24.8 Å². The molecule has 1 saturated heterocycles. The molecule has 1 aliphatic heterocycles. The monoisotopic (exact) mass is 374 g/mol. The van der Waals surface area contributed by atoms with Crippen LogP contribution < -0.4 is 5.32 Å². The van der Waals surface area contributed by atoms with Crippen molar-refractivity contribution in [2.75, 3.05) is 11.9 Å². The number of aryl methyl sites for hydroxylation is 1. The minimum absolute atomic E-state index is 0.125. The second kappa shape index (κ2) is 9.02. The molecule has 0 bridgehead atoms. The summed E-state index contributed by atoms with van der Waals surface area (Å²) in [6.07, 6.45) is 2.26. The molecule has 6 heteroatoms. The van der Waals surface area contributed by atoms with E-state index in [2.05, 4.69) is 5.32 Å². The minimum Gasteiger partial charge on any atom is -0.448 e. The number of benzene rings is 1. The summed E-state index contributed by atoms with van der Waals surface area (Å²) >= 11 is 0. The molecule has 0 radical (unpaired) electrons. The first-order valence-corrected chi connectivity index (χ1v) is 9.60. The highest BCUT2D eigenvalue weighted by atomic mass is 16.5. The van der Waals surface area contributed by atoms with Crippen LogP contribution in [-0.2, 0) is 14.3 Å². The summed E-state index contributed by atoms with van der Waals surface area (Å²) in [6.45, 7) is 9.76.